The first-order valence-electron chi connectivity index (χ1n) is 23.5. The van der Waals surface area contributed by atoms with Crippen LogP contribution in [0.4, 0.5) is 0 Å². The lowest BCUT2D eigenvalue weighted by Crippen LogP contribution is -2.67. The molecule has 0 radical (unpaired) electrons. The van der Waals surface area contributed by atoms with E-state index in [1.54, 1.807) is 0 Å². The fourth-order valence-corrected chi connectivity index (χ4v) is 14.2. The third-order valence-corrected chi connectivity index (χ3v) is 17.9. The summed E-state index contributed by atoms with van der Waals surface area (Å²) < 4.78 is 43.9. The van der Waals surface area contributed by atoms with Gasteiger partial charge in [0.15, 0.2) is 18.9 Å². The van der Waals surface area contributed by atoms with Gasteiger partial charge in [0.1, 0.15) is 72.9 Å². The largest absolute Gasteiger partial charge is 0.394 e. The molecule has 5 aliphatic heterocycles. The predicted octanol–water partition coefficient (Wildman–Crippen LogP) is -0.213. The van der Waals surface area contributed by atoms with Crippen molar-refractivity contribution in [1.82, 2.24) is 5.32 Å². The standard InChI is InChI=1S/C45H73NO16/c1-19-8-13-45(46-16-19)20(2)30-27(62-45)15-26-24-7-6-22-14-23(9-11-43(22,4)25(24)10-12-44(26,30)5)57-42-39(61-40-36(54)34(52)31(49)21(3)56-40)38(33(51)29(18-48)59-42)60-41-37(55)35(53)32(50)28(17-47)58-41/h6,19-21,23-42,46-55H,7-18H2,1-5H3/t19-,20-,21-,23-,24+,25-,26-,27-,28+,29+,30-,31-,32+,33-,34+,35-,36+,37+,38-,39+,40-,41-,42+,43+,44+,45+/m0/s1. The number of nitrogens with one attached hydrogen (secondary N) is 1. The summed E-state index contributed by atoms with van der Waals surface area (Å²) in [5, 5.41) is 99.7. The van der Waals surface area contributed by atoms with Gasteiger partial charge in [-0.3, -0.25) is 5.32 Å². The molecule has 1 spiro atoms. The molecule has 0 aromatic carbocycles. The Labute approximate surface area is 364 Å². The number of aliphatic hydroxyl groups is 9. The SMILES string of the molecule is C[C@H]1CC[C@@]2(NC1)O[C@H]1C[C@H]3[C@@H]4CC=C5C[C@@H](O[C@@H]6O[C@H](CO)[C@H](O)[C@H](O[C@@H]7O[C@H](CO)[C@@H](O)[C@H](O)[C@H]7O)[C@H]6O[C@@H]6O[C@@H](C)[C@H](O)[C@@H](O)[C@H]6O)CC[C@@]5(C)[C@H]4CC[C@@]3(C)[C@H]1[C@@H]2C. The van der Waals surface area contributed by atoms with Crippen LogP contribution in [0.15, 0.2) is 11.6 Å². The molecule has 17 heteroatoms. The van der Waals surface area contributed by atoms with E-state index in [-0.39, 0.29) is 22.7 Å². The Morgan fingerprint density at radius 1 is 0.694 bits per heavy atom. The van der Waals surface area contributed by atoms with Crippen LogP contribution in [0.5, 0.6) is 0 Å². The fraction of sp³-hybridized carbons (Fsp3) is 0.956. The molecule has 354 valence electrons. The second kappa shape index (κ2) is 17.3. The Morgan fingerprint density at radius 2 is 1.35 bits per heavy atom. The topological polar surface area (TPSA) is 259 Å². The first-order chi connectivity index (χ1) is 29.4. The molecule has 10 N–H and O–H groups in total. The highest BCUT2D eigenvalue weighted by atomic mass is 16.8. The van der Waals surface area contributed by atoms with Gasteiger partial charge in [0.05, 0.1) is 31.5 Å². The third kappa shape index (κ3) is 7.49. The van der Waals surface area contributed by atoms with Crippen molar-refractivity contribution in [2.45, 2.75) is 202 Å². The number of rotatable bonds is 8. The van der Waals surface area contributed by atoms with Crippen molar-refractivity contribution in [3.63, 3.8) is 0 Å². The van der Waals surface area contributed by atoms with Gasteiger partial charge in [-0.2, -0.15) is 0 Å². The fourth-order valence-electron chi connectivity index (χ4n) is 14.2. The van der Waals surface area contributed by atoms with E-state index in [0.717, 1.165) is 38.6 Å². The molecule has 0 unspecified atom stereocenters. The molecule has 62 heavy (non-hydrogen) atoms. The molecule has 9 aliphatic rings. The average Bonchev–Trinajstić information content (AvgIpc) is 3.70. The minimum absolute atomic E-state index is 0.0361. The zero-order valence-electron chi connectivity index (χ0n) is 36.7. The molecule has 5 heterocycles. The predicted molar refractivity (Wildman–Crippen MR) is 216 cm³/mol. The number of fused-ring (bicyclic) bond motifs is 7. The van der Waals surface area contributed by atoms with Crippen LogP contribution in [-0.2, 0) is 33.2 Å². The number of hydrogen-bond donors (Lipinski definition) is 10. The first kappa shape index (κ1) is 46.2. The van der Waals surface area contributed by atoms with E-state index >= 15 is 0 Å². The third-order valence-electron chi connectivity index (χ3n) is 17.9. The molecule has 5 saturated heterocycles. The summed E-state index contributed by atoms with van der Waals surface area (Å²) in [6.07, 6.45) is -11.9. The van der Waals surface area contributed by atoms with Crippen LogP contribution >= 0.6 is 0 Å². The normalized spacial score (nSPS) is 57.6. The van der Waals surface area contributed by atoms with E-state index in [2.05, 4.69) is 39.1 Å². The summed E-state index contributed by atoms with van der Waals surface area (Å²) >= 11 is 0. The van der Waals surface area contributed by atoms with Gasteiger partial charge in [0.2, 0.25) is 0 Å². The first-order valence-corrected chi connectivity index (χ1v) is 23.5. The maximum atomic E-state index is 11.6. The zero-order chi connectivity index (χ0) is 44.2. The Morgan fingerprint density at radius 3 is 2.05 bits per heavy atom. The molecule has 3 saturated carbocycles. The van der Waals surface area contributed by atoms with Crippen LogP contribution in [0, 0.1) is 46.3 Å². The van der Waals surface area contributed by atoms with E-state index < -0.39 is 111 Å². The minimum Gasteiger partial charge on any atom is -0.394 e. The van der Waals surface area contributed by atoms with Gasteiger partial charge in [0.25, 0.3) is 0 Å². The Hall–Kier alpha value is -0.940. The van der Waals surface area contributed by atoms with Crippen molar-refractivity contribution in [3.8, 4) is 0 Å². The second-order valence-electron chi connectivity index (χ2n) is 21.2. The Kier molecular flexibility index (Phi) is 12.9. The van der Waals surface area contributed by atoms with E-state index in [0.29, 0.717) is 48.3 Å². The van der Waals surface area contributed by atoms with Crippen LogP contribution < -0.4 is 5.32 Å². The van der Waals surface area contributed by atoms with Crippen LogP contribution in [0.2, 0.25) is 0 Å². The number of aliphatic hydroxyl groups excluding tert-OH is 9. The van der Waals surface area contributed by atoms with Crippen molar-refractivity contribution in [1.29, 1.82) is 0 Å². The molecular weight excluding hydrogens is 810 g/mol. The van der Waals surface area contributed by atoms with Gasteiger partial charge in [-0.05, 0) is 105 Å². The molecular formula is C45H73NO16. The molecule has 26 atom stereocenters. The quantitative estimate of drug-likeness (QED) is 0.142. The van der Waals surface area contributed by atoms with Gasteiger partial charge in [-0.25, -0.2) is 0 Å². The highest BCUT2D eigenvalue weighted by molar-refractivity contribution is 5.26. The lowest BCUT2D eigenvalue weighted by molar-refractivity contribution is -0.394. The number of piperidine rings is 1. The maximum Gasteiger partial charge on any atom is 0.187 e. The van der Waals surface area contributed by atoms with Gasteiger partial charge < -0.3 is 79.1 Å². The Balaban J connectivity index is 0.940. The highest BCUT2D eigenvalue weighted by Crippen LogP contribution is 2.70. The van der Waals surface area contributed by atoms with Crippen molar-refractivity contribution in [2.75, 3.05) is 19.8 Å². The van der Waals surface area contributed by atoms with Crippen molar-refractivity contribution in [2.24, 2.45) is 46.3 Å². The molecule has 0 aromatic rings. The lowest BCUT2D eigenvalue weighted by Gasteiger charge is -2.59. The van der Waals surface area contributed by atoms with Crippen LogP contribution in [0.25, 0.3) is 0 Å². The van der Waals surface area contributed by atoms with Crippen LogP contribution in [-0.4, -0.2) is 176 Å². The van der Waals surface area contributed by atoms with E-state index in [1.165, 1.54) is 25.3 Å². The molecule has 0 aromatic heterocycles. The molecule has 0 amide bonds. The van der Waals surface area contributed by atoms with Crippen LogP contribution in [0.3, 0.4) is 0 Å². The molecule has 8 fully saturated rings. The molecule has 17 nitrogen and oxygen atoms in total. The van der Waals surface area contributed by atoms with E-state index in [9.17, 15) is 46.0 Å². The van der Waals surface area contributed by atoms with Crippen molar-refractivity contribution in [3.05, 3.63) is 11.6 Å². The number of ether oxygens (including phenoxy) is 7. The highest BCUT2D eigenvalue weighted by Gasteiger charge is 2.68. The van der Waals surface area contributed by atoms with E-state index in [1.807, 2.05) is 0 Å². The molecule has 4 aliphatic carbocycles. The molecule has 0 bridgehead atoms. The summed E-state index contributed by atoms with van der Waals surface area (Å²) in [5.74, 6) is 3.32. The van der Waals surface area contributed by atoms with Gasteiger partial charge in [-0.1, -0.05) is 39.3 Å². The van der Waals surface area contributed by atoms with Gasteiger partial charge in [0, 0.05) is 12.5 Å². The second-order valence-corrected chi connectivity index (χ2v) is 21.2. The monoisotopic (exact) mass is 883 g/mol. The van der Waals surface area contributed by atoms with Gasteiger partial charge >= 0.3 is 0 Å². The summed E-state index contributed by atoms with van der Waals surface area (Å²) in [6, 6.07) is 0. The van der Waals surface area contributed by atoms with Gasteiger partial charge in [-0.15, -0.1) is 0 Å². The summed E-state index contributed by atoms with van der Waals surface area (Å²) in [4.78, 5) is 0. The summed E-state index contributed by atoms with van der Waals surface area (Å²) in [7, 11) is 0. The van der Waals surface area contributed by atoms with E-state index in [4.69, 9.17) is 33.2 Å². The zero-order valence-corrected chi connectivity index (χ0v) is 36.7. The number of hydrogen-bond acceptors (Lipinski definition) is 17. The number of allylic oxidation sites excluding steroid dienone is 1. The van der Waals surface area contributed by atoms with Crippen LogP contribution in [0.1, 0.15) is 92.4 Å². The Bertz CT molecular complexity index is 1610. The average molecular weight is 884 g/mol. The maximum absolute atomic E-state index is 11.6. The van der Waals surface area contributed by atoms with Crippen molar-refractivity contribution < 1.29 is 79.1 Å². The van der Waals surface area contributed by atoms with Crippen molar-refractivity contribution >= 4 is 0 Å². The molecule has 9 rings (SSSR count). The smallest absolute Gasteiger partial charge is 0.187 e. The minimum atomic E-state index is -1.84. The summed E-state index contributed by atoms with van der Waals surface area (Å²) in [5.41, 5.74) is 1.32. The lowest BCUT2D eigenvalue weighted by atomic mass is 9.47. The summed E-state index contributed by atoms with van der Waals surface area (Å²) in [6.45, 7) is 10.8.